The molecule has 510 valence electrons. The Morgan fingerprint density at radius 2 is 1.27 bits per heavy atom. The van der Waals surface area contributed by atoms with Gasteiger partial charge in [-0.1, -0.05) is 98.9 Å². The first-order valence-corrected chi connectivity index (χ1v) is 31.5. The average Bonchev–Trinajstić information content (AvgIpc) is 0.818. The predicted octanol–water partition coefficient (Wildman–Crippen LogP) is 2.06. The molecule has 0 saturated carbocycles. The standard InChI is InChI=1S/C67H103N5O19/c1-42-21-19-17-15-13-11-9-10-12-14-16-18-20-22-54(89-66-63(85)61(62(84)44(3)88-66)70-58(82)41-72(7)8)38-57-60(65(86)69-29-30-71(5)6)56(81)40-67(87,91-57)39-53(79)35-51(77)33-49(75)31-48(74)32-50(76)34-52(78)37-59(83)90-64(42)43(2)23-28-47(73)36-55(80)45-24-26-46(68-4)27-25-45/h9-22,24-27,42-44,47-49,51-54,56-57,60-64,66,68,73-75,77-79,81,84-85,87H,23,28-41H2,1-8H3,(H,69,86)(H,70,82)/b10-9+,13-11+,14-12+,17-15+,18-16+,21-19+,22-20+/t42-,43-,44+,47?,48+,49-,51-,52+,53-,54-,56-,57-,60+,61-,62+,63-,64-,66-,67+/m0/s1. The van der Waals surface area contributed by atoms with Gasteiger partial charge in [-0.3, -0.25) is 24.0 Å². The zero-order valence-corrected chi connectivity index (χ0v) is 53.9. The van der Waals surface area contributed by atoms with E-state index in [1.807, 2.05) is 38.9 Å². The zero-order valence-electron chi connectivity index (χ0n) is 53.9. The molecule has 3 heterocycles. The van der Waals surface area contributed by atoms with Gasteiger partial charge in [-0.05, 0) is 97.4 Å². The second-order valence-electron chi connectivity index (χ2n) is 24.9. The SMILES string of the molecule is CNc1ccc(C(=O)CC(O)CC[C@H](C)[C@H]2OC(=O)C[C@H](O)CC(=O)C[C@H](O)C[C@H](O)C[C@H](O)C[C@H](O)C[C@]3(O)C[C@H](O)[C@@H](C(=O)NCCN(C)C)[C@H](C[C@@H](O[C@@H]4O[C@H](C)[C@@H](O)[C@H](NC(=O)CN(C)C)[C@@H]4O)/C=C/C=C/C=C/C=C/C=C/C=C/C=C/[C@@H]2C)O3)cc1. The van der Waals surface area contributed by atoms with Crippen molar-refractivity contribution in [2.24, 2.45) is 17.8 Å². The highest BCUT2D eigenvalue weighted by Crippen LogP contribution is 2.38. The summed E-state index contributed by atoms with van der Waals surface area (Å²) in [7, 11) is 8.75. The number of hydrogen-bond donors (Lipinski definition) is 13. The molecule has 1 unspecified atom stereocenters. The first kappa shape index (κ1) is 77.8. The summed E-state index contributed by atoms with van der Waals surface area (Å²) in [5.74, 6) is -7.10. The third kappa shape index (κ3) is 28.6. The topological polar surface area (TPSA) is 367 Å². The van der Waals surface area contributed by atoms with Crippen LogP contribution in [0.2, 0.25) is 0 Å². The van der Waals surface area contributed by atoms with Crippen LogP contribution >= 0.6 is 0 Å². The Bertz CT molecular complexity index is 2610. The van der Waals surface area contributed by atoms with E-state index in [0.717, 1.165) is 5.69 Å². The summed E-state index contributed by atoms with van der Waals surface area (Å²) in [5.41, 5.74) is 1.30. The molecule has 0 aliphatic carbocycles. The molecule has 13 N–H and O–H groups in total. The molecule has 24 heteroatoms. The van der Waals surface area contributed by atoms with E-state index < -0.39 is 178 Å². The van der Waals surface area contributed by atoms with Gasteiger partial charge >= 0.3 is 5.97 Å². The van der Waals surface area contributed by atoms with Crippen LogP contribution in [0.3, 0.4) is 0 Å². The van der Waals surface area contributed by atoms with Gasteiger partial charge in [0.25, 0.3) is 0 Å². The van der Waals surface area contributed by atoms with Crippen LogP contribution in [0.4, 0.5) is 5.69 Å². The lowest BCUT2D eigenvalue weighted by atomic mass is 9.82. The van der Waals surface area contributed by atoms with E-state index in [9.17, 15) is 75.0 Å². The Kier molecular flexibility index (Phi) is 34.0. The smallest absolute Gasteiger partial charge is 0.308 e. The molecule has 91 heavy (non-hydrogen) atoms. The fraction of sp³-hybridized carbons (Fsp3) is 0.627. The lowest BCUT2D eigenvalue weighted by molar-refractivity contribution is -0.307. The van der Waals surface area contributed by atoms with Gasteiger partial charge in [0.05, 0.1) is 86.0 Å². The number of hydrogen-bond acceptors (Lipinski definition) is 22. The molecule has 2 saturated heterocycles. The van der Waals surface area contributed by atoms with E-state index in [4.69, 9.17) is 18.9 Å². The number of carbonyl (C=O) groups excluding carboxylic acids is 5. The van der Waals surface area contributed by atoms with Crippen molar-refractivity contribution >= 4 is 35.0 Å². The number of likely N-dealkylation sites (N-methyl/N-ethyl adjacent to an activating group) is 2. The summed E-state index contributed by atoms with van der Waals surface area (Å²) < 4.78 is 24.6. The summed E-state index contributed by atoms with van der Waals surface area (Å²) in [5, 5.41) is 121. The normalized spacial score (nSPS) is 34.9. The molecule has 1 aromatic rings. The number of cyclic esters (lactones) is 1. The molecule has 1 aromatic carbocycles. The van der Waals surface area contributed by atoms with Crippen molar-refractivity contribution in [3.05, 3.63) is 115 Å². The minimum Gasteiger partial charge on any atom is -0.461 e. The molecule has 4 rings (SSSR count). The second kappa shape index (κ2) is 39.8. The summed E-state index contributed by atoms with van der Waals surface area (Å²) in [6, 6.07) is 5.68. The van der Waals surface area contributed by atoms with Gasteiger partial charge in [0.2, 0.25) is 11.8 Å². The Morgan fingerprint density at radius 3 is 1.87 bits per heavy atom. The molecule has 24 nitrogen and oxygen atoms in total. The minimum absolute atomic E-state index is 0.0513. The first-order valence-electron chi connectivity index (χ1n) is 31.5. The van der Waals surface area contributed by atoms with Crippen LogP contribution in [0.5, 0.6) is 0 Å². The summed E-state index contributed by atoms with van der Waals surface area (Å²) >= 11 is 0. The van der Waals surface area contributed by atoms with Crippen molar-refractivity contribution in [2.45, 2.75) is 195 Å². The van der Waals surface area contributed by atoms with E-state index in [1.54, 1.807) is 129 Å². The number of rotatable bonds is 17. The number of anilines is 1. The van der Waals surface area contributed by atoms with Gasteiger partial charge in [0, 0.05) is 75.8 Å². The highest BCUT2D eigenvalue weighted by molar-refractivity contribution is 5.96. The quantitative estimate of drug-likeness (QED) is 0.0784. The van der Waals surface area contributed by atoms with Gasteiger partial charge in [-0.25, -0.2) is 0 Å². The van der Waals surface area contributed by atoms with Crippen LogP contribution < -0.4 is 16.0 Å². The van der Waals surface area contributed by atoms with Crippen LogP contribution in [0.15, 0.2) is 109 Å². The molecule has 3 aliphatic heterocycles. The summed E-state index contributed by atoms with van der Waals surface area (Å²) in [4.78, 5) is 69.8. The maximum atomic E-state index is 14.0. The Balaban J connectivity index is 1.62. The van der Waals surface area contributed by atoms with Crippen LogP contribution in [0.1, 0.15) is 108 Å². The van der Waals surface area contributed by atoms with Crippen molar-refractivity contribution in [2.75, 3.05) is 60.2 Å². The highest BCUT2D eigenvalue weighted by Gasteiger charge is 2.51. The number of benzene rings is 1. The summed E-state index contributed by atoms with van der Waals surface area (Å²) in [6.07, 6.45) is 2.19. The number of aliphatic hydroxyl groups excluding tert-OH is 9. The monoisotopic (exact) mass is 1280 g/mol. The largest absolute Gasteiger partial charge is 0.461 e. The van der Waals surface area contributed by atoms with Gasteiger partial charge in [-0.2, -0.15) is 0 Å². The Morgan fingerprint density at radius 1 is 0.703 bits per heavy atom. The summed E-state index contributed by atoms with van der Waals surface area (Å²) in [6.45, 7) is 5.81. The fourth-order valence-electron chi connectivity index (χ4n) is 11.3. The van der Waals surface area contributed by atoms with E-state index in [-0.39, 0.29) is 50.0 Å². The van der Waals surface area contributed by atoms with Gasteiger partial charge in [0.15, 0.2) is 17.9 Å². The maximum Gasteiger partial charge on any atom is 0.308 e. The third-order valence-corrected chi connectivity index (χ3v) is 16.0. The molecular formula is C67H103N5O19. The first-order chi connectivity index (χ1) is 43.1. The number of esters is 1. The number of allylic oxidation sites excluding steroid dienone is 12. The number of Topliss-reactive ketones (excluding diaryl/α,β-unsaturated/α-hetero) is 2. The lowest BCUT2D eigenvalue weighted by Gasteiger charge is -2.46. The van der Waals surface area contributed by atoms with Gasteiger partial charge in [0.1, 0.15) is 24.1 Å². The Hall–Kier alpha value is -5.65. The number of ether oxygens (including phenoxy) is 4. The van der Waals surface area contributed by atoms with Crippen molar-refractivity contribution in [1.29, 1.82) is 0 Å². The van der Waals surface area contributed by atoms with Crippen LogP contribution in [-0.2, 0) is 38.1 Å². The van der Waals surface area contributed by atoms with E-state index in [2.05, 4.69) is 16.0 Å². The van der Waals surface area contributed by atoms with E-state index in [1.165, 1.54) is 6.92 Å². The molecule has 3 aliphatic rings. The molecule has 2 amide bonds. The third-order valence-electron chi connectivity index (χ3n) is 16.0. The van der Waals surface area contributed by atoms with Crippen molar-refractivity contribution < 1.29 is 94.0 Å². The van der Waals surface area contributed by atoms with Crippen LogP contribution in [-0.4, -0.2) is 243 Å². The molecule has 0 aromatic heterocycles. The predicted molar refractivity (Wildman–Crippen MR) is 342 cm³/mol. The molecule has 2 fully saturated rings. The zero-order chi connectivity index (χ0) is 67.4. The molecule has 0 radical (unpaired) electrons. The van der Waals surface area contributed by atoms with E-state index >= 15 is 0 Å². The van der Waals surface area contributed by atoms with Crippen molar-refractivity contribution in [1.82, 2.24) is 20.4 Å². The number of aliphatic hydroxyl groups is 10. The number of amides is 2. The minimum atomic E-state index is -2.32. The molecule has 0 spiro atoms. The van der Waals surface area contributed by atoms with Crippen molar-refractivity contribution in [3.63, 3.8) is 0 Å². The van der Waals surface area contributed by atoms with Crippen molar-refractivity contribution in [3.8, 4) is 0 Å². The molecular weight excluding hydrogens is 1180 g/mol. The van der Waals surface area contributed by atoms with E-state index in [0.29, 0.717) is 18.5 Å². The maximum absolute atomic E-state index is 14.0. The number of ketones is 2. The highest BCUT2D eigenvalue weighted by atomic mass is 16.7. The number of carbonyl (C=O) groups is 5. The molecule has 19 atom stereocenters. The van der Waals surface area contributed by atoms with Crippen LogP contribution in [0, 0.1) is 17.8 Å². The number of fused-ring (bicyclic) bond motifs is 2. The average molecular weight is 1280 g/mol. The number of nitrogens with one attached hydrogen (secondary N) is 3. The van der Waals surface area contributed by atoms with Gasteiger partial charge < -0.3 is 95.8 Å². The lowest BCUT2D eigenvalue weighted by Crippen LogP contribution is -2.64. The Labute approximate surface area is 535 Å². The molecule has 2 bridgehead atoms. The second-order valence-corrected chi connectivity index (χ2v) is 24.9. The number of nitrogens with zero attached hydrogens (tertiary/aromatic N) is 2. The fourth-order valence-corrected chi connectivity index (χ4v) is 11.3. The van der Waals surface area contributed by atoms with Gasteiger partial charge in [-0.15, -0.1) is 0 Å². The van der Waals surface area contributed by atoms with Crippen LogP contribution in [0.25, 0.3) is 0 Å².